The maximum Gasteiger partial charge on any atom is 0.171 e. The van der Waals surface area contributed by atoms with Crippen molar-refractivity contribution >= 4 is 21.8 Å². The number of rotatable bonds is 6. The lowest BCUT2D eigenvalue weighted by molar-refractivity contribution is 0.00545. The summed E-state index contributed by atoms with van der Waals surface area (Å²) in [5.41, 5.74) is 5.95. The minimum absolute atomic E-state index is 0.0546. The standard InChI is InChI=1S/C13H19BrN2O3/c1-13(2,18-3)6-7-19-9-4-5-10(11(14)8-9)12(15)16-17/h4-5,8,17H,6-7H2,1-3H3,(H2,15,16). The summed E-state index contributed by atoms with van der Waals surface area (Å²) in [6, 6.07) is 5.29. The Morgan fingerprint density at radius 1 is 1.47 bits per heavy atom. The van der Waals surface area contributed by atoms with E-state index in [2.05, 4.69) is 21.1 Å². The van der Waals surface area contributed by atoms with Gasteiger partial charge in [-0.05, 0) is 48.0 Å². The number of nitrogens with zero attached hydrogens (tertiary/aromatic N) is 1. The van der Waals surface area contributed by atoms with E-state index >= 15 is 0 Å². The van der Waals surface area contributed by atoms with E-state index in [0.717, 1.165) is 6.42 Å². The third-order valence-corrected chi connectivity index (χ3v) is 3.51. The Morgan fingerprint density at radius 3 is 2.68 bits per heavy atom. The lowest BCUT2D eigenvalue weighted by Crippen LogP contribution is -2.25. The normalized spacial score (nSPS) is 12.5. The second-order valence-electron chi connectivity index (χ2n) is 4.69. The second kappa shape index (κ2) is 6.77. The van der Waals surface area contributed by atoms with E-state index in [1.165, 1.54) is 0 Å². The number of halogens is 1. The van der Waals surface area contributed by atoms with Crippen molar-refractivity contribution in [1.29, 1.82) is 0 Å². The molecule has 0 atom stereocenters. The summed E-state index contributed by atoms with van der Waals surface area (Å²) in [7, 11) is 1.68. The predicted octanol–water partition coefficient (Wildman–Crippen LogP) is 2.74. The van der Waals surface area contributed by atoms with Crippen LogP contribution >= 0.6 is 15.9 Å². The van der Waals surface area contributed by atoms with Gasteiger partial charge in [0.05, 0.1) is 12.2 Å². The maximum absolute atomic E-state index is 8.64. The van der Waals surface area contributed by atoms with Crippen LogP contribution in [0.25, 0.3) is 0 Å². The molecule has 0 fully saturated rings. The van der Waals surface area contributed by atoms with Crippen molar-refractivity contribution in [3.05, 3.63) is 28.2 Å². The summed E-state index contributed by atoms with van der Waals surface area (Å²) in [5, 5.41) is 11.6. The summed E-state index contributed by atoms with van der Waals surface area (Å²) in [6.45, 7) is 4.57. The monoisotopic (exact) mass is 330 g/mol. The fourth-order valence-corrected chi connectivity index (χ4v) is 1.92. The Hall–Kier alpha value is -1.27. The van der Waals surface area contributed by atoms with Gasteiger partial charge in [-0.25, -0.2) is 0 Å². The number of nitrogens with two attached hydrogens (primary N) is 1. The summed E-state index contributed by atoms with van der Waals surface area (Å²) in [5.74, 6) is 0.771. The van der Waals surface area contributed by atoms with E-state index in [1.807, 2.05) is 13.8 Å². The molecule has 3 N–H and O–H groups in total. The van der Waals surface area contributed by atoms with E-state index in [0.29, 0.717) is 22.4 Å². The lowest BCUT2D eigenvalue weighted by Gasteiger charge is -2.22. The third kappa shape index (κ3) is 4.72. The van der Waals surface area contributed by atoms with Gasteiger partial charge < -0.3 is 20.4 Å². The fourth-order valence-electron chi connectivity index (χ4n) is 1.36. The molecule has 5 nitrogen and oxygen atoms in total. The Kier molecular flexibility index (Phi) is 5.62. The number of methoxy groups -OCH3 is 1. The second-order valence-corrected chi connectivity index (χ2v) is 5.54. The highest BCUT2D eigenvalue weighted by Crippen LogP contribution is 2.23. The number of amidine groups is 1. The van der Waals surface area contributed by atoms with Crippen LogP contribution in [0.4, 0.5) is 0 Å². The number of hydrogen-bond donors (Lipinski definition) is 2. The SMILES string of the molecule is COC(C)(C)CCOc1ccc(/C(N)=N/O)c(Br)c1. The van der Waals surface area contributed by atoms with Crippen molar-refractivity contribution in [3.8, 4) is 5.75 Å². The van der Waals surface area contributed by atoms with Gasteiger partial charge >= 0.3 is 0 Å². The van der Waals surface area contributed by atoms with E-state index < -0.39 is 0 Å². The predicted molar refractivity (Wildman–Crippen MR) is 77.9 cm³/mol. The first-order valence-corrected chi connectivity index (χ1v) is 6.64. The quantitative estimate of drug-likeness (QED) is 0.364. The molecule has 0 bridgehead atoms. The van der Waals surface area contributed by atoms with Gasteiger partial charge in [0, 0.05) is 23.6 Å². The van der Waals surface area contributed by atoms with Crippen LogP contribution in [0.2, 0.25) is 0 Å². The van der Waals surface area contributed by atoms with E-state index in [4.69, 9.17) is 20.4 Å². The van der Waals surface area contributed by atoms with Crippen LogP contribution in [0, 0.1) is 0 Å². The van der Waals surface area contributed by atoms with Crippen molar-refractivity contribution < 1.29 is 14.7 Å². The first-order chi connectivity index (χ1) is 8.89. The van der Waals surface area contributed by atoms with E-state index in [9.17, 15) is 0 Å². The van der Waals surface area contributed by atoms with Crippen molar-refractivity contribution in [1.82, 2.24) is 0 Å². The van der Waals surface area contributed by atoms with Gasteiger partial charge in [-0.3, -0.25) is 0 Å². The molecule has 1 aromatic rings. The summed E-state index contributed by atoms with van der Waals surface area (Å²) in [6.07, 6.45) is 0.781. The molecule has 1 aromatic carbocycles. The average Bonchev–Trinajstić information content (AvgIpc) is 2.38. The molecule has 0 unspecified atom stereocenters. The van der Waals surface area contributed by atoms with Gasteiger partial charge in [0.1, 0.15) is 5.75 Å². The number of oxime groups is 1. The lowest BCUT2D eigenvalue weighted by atomic mass is 10.1. The van der Waals surface area contributed by atoms with Crippen molar-refractivity contribution in [2.45, 2.75) is 25.9 Å². The van der Waals surface area contributed by atoms with E-state index in [-0.39, 0.29) is 11.4 Å². The molecule has 0 aliphatic carbocycles. The zero-order chi connectivity index (χ0) is 14.5. The molecule has 19 heavy (non-hydrogen) atoms. The largest absolute Gasteiger partial charge is 0.493 e. The molecule has 0 amide bonds. The molecular formula is C13H19BrN2O3. The summed E-state index contributed by atoms with van der Waals surface area (Å²) >= 11 is 3.36. The molecule has 6 heteroatoms. The van der Waals surface area contributed by atoms with Crippen LogP contribution < -0.4 is 10.5 Å². The fraction of sp³-hybridized carbons (Fsp3) is 0.462. The molecule has 106 valence electrons. The average molecular weight is 331 g/mol. The Morgan fingerprint density at radius 2 is 2.16 bits per heavy atom. The maximum atomic E-state index is 8.64. The highest BCUT2D eigenvalue weighted by atomic mass is 79.9. The van der Waals surface area contributed by atoms with Crippen molar-refractivity contribution in [2.75, 3.05) is 13.7 Å². The van der Waals surface area contributed by atoms with Crippen LogP contribution in [0.5, 0.6) is 5.75 Å². The van der Waals surface area contributed by atoms with E-state index in [1.54, 1.807) is 25.3 Å². The Labute approximate surface area is 121 Å². The molecule has 0 saturated heterocycles. The van der Waals surface area contributed by atoms with Crippen LogP contribution in [0.1, 0.15) is 25.8 Å². The minimum Gasteiger partial charge on any atom is -0.493 e. The highest BCUT2D eigenvalue weighted by molar-refractivity contribution is 9.10. The van der Waals surface area contributed by atoms with Gasteiger partial charge in [-0.2, -0.15) is 0 Å². The van der Waals surface area contributed by atoms with Crippen LogP contribution in [-0.4, -0.2) is 30.4 Å². The third-order valence-electron chi connectivity index (χ3n) is 2.85. The first kappa shape index (κ1) is 15.8. The van der Waals surface area contributed by atoms with Gasteiger partial charge in [-0.1, -0.05) is 5.16 Å². The van der Waals surface area contributed by atoms with Gasteiger partial charge in [-0.15, -0.1) is 0 Å². The molecule has 1 rings (SSSR count). The Bertz CT molecular complexity index is 461. The first-order valence-electron chi connectivity index (χ1n) is 5.85. The molecule has 0 saturated carbocycles. The summed E-state index contributed by atoms with van der Waals surface area (Å²) in [4.78, 5) is 0. The molecule has 0 aliphatic heterocycles. The number of hydrogen-bond acceptors (Lipinski definition) is 4. The van der Waals surface area contributed by atoms with Gasteiger partial charge in [0.15, 0.2) is 5.84 Å². The van der Waals surface area contributed by atoms with Crippen LogP contribution in [0.3, 0.4) is 0 Å². The topological polar surface area (TPSA) is 77.1 Å². The molecular weight excluding hydrogens is 312 g/mol. The zero-order valence-electron chi connectivity index (χ0n) is 11.3. The minimum atomic E-state index is -0.203. The van der Waals surface area contributed by atoms with Crippen LogP contribution in [-0.2, 0) is 4.74 Å². The van der Waals surface area contributed by atoms with Gasteiger partial charge in [0.25, 0.3) is 0 Å². The van der Waals surface area contributed by atoms with Crippen molar-refractivity contribution in [3.63, 3.8) is 0 Å². The van der Waals surface area contributed by atoms with Crippen molar-refractivity contribution in [2.24, 2.45) is 10.9 Å². The van der Waals surface area contributed by atoms with Crippen LogP contribution in [0.15, 0.2) is 27.8 Å². The highest BCUT2D eigenvalue weighted by Gasteiger charge is 2.16. The van der Waals surface area contributed by atoms with Gasteiger partial charge in [0.2, 0.25) is 0 Å². The molecule has 0 heterocycles. The zero-order valence-corrected chi connectivity index (χ0v) is 12.9. The smallest absolute Gasteiger partial charge is 0.171 e. The molecule has 0 aliphatic rings. The Balaban J connectivity index is 2.65. The molecule has 0 radical (unpaired) electrons. The summed E-state index contributed by atoms with van der Waals surface area (Å²) < 4.78 is 11.7. The molecule has 0 aromatic heterocycles. The number of benzene rings is 1. The molecule has 0 spiro atoms. The number of ether oxygens (including phenoxy) is 2.